The van der Waals surface area contributed by atoms with Crippen LogP contribution in [0, 0.1) is 0 Å². The second kappa shape index (κ2) is 5.07. The summed E-state index contributed by atoms with van der Waals surface area (Å²) in [5.41, 5.74) is 0.738. The summed E-state index contributed by atoms with van der Waals surface area (Å²) in [6, 6.07) is 0. The Bertz CT molecular complexity index is 520. The van der Waals surface area contributed by atoms with Crippen LogP contribution in [-0.4, -0.2) is 25.6 Å². The van der Waals surface area contributed by atoms with E-state index in [0.717, 1.165) is 22.9 Å². The van der Waals surface area contributed by atoms with Gasteiger partial charge in [0.25, 0.3) is 0 Å². The number of aromatic carboxylic acids is 1. The zero-order chi connectivity index (χ0) is 12.3. The lowest BCUT2D eigenvalue weighted by Gasteiger charge is -2.02. The van der Waals surface area contributed by atoms with E-state index in [-0.39, 0.29) is 5.01 Å². The minimum atomic E-state index is -0.981. The summed E-state index contributed by atoms with van der Waals surface area (Å²) in [5, 5.41) is 13.8. The molecule has 2 rings (SSSR count). The number of hydrogen-bond acceptors (Lipinski definition) is 5. The van der Waals surface area contributed by atoms with E-state index in [1.54, 1.807) is 11.6 Å². The highest BCUT2D eigenvalue weighted by molar-refractivity contribution is 7.11. The third-order valence-electron chi connectivity index (χ3n) is 2.24. The molecule has 0 bridgehead atoms. The van der Waals surface area contributed by atoms with Crippen LogP contribution in [0.25, 0.3) is 0 Å². The molecule has 0 saturated carbocycles. The predicted octanol–water partition coefficient (Wildman–Crippen LogP) is 0.865. The summed E-state index contributed by atoms with van der Waals surface area (Å²) in [4.78, 5) is 18.8. The van der Waals surface area contributed by atoms with Gasteiger partial charge >= 0.3 is 5.97 Å². The molecule has 0 saturated heterocycles. The van der Waals surface area contributed by atoms with Crippen LogP contribution in [-0.2, 0) is 20.1 Å². The number of rotatable bonds is 5. The quantitative estimate of drug-likeness (QED) is 0.825. The lowest BCUT2D eigenvalue weighted by molar-refractivity contribution is 0.0696. The van der Waals surface area contributed by atoms with Crippen LogP contribution in [0.2, 0.25) is 0 Å². The Hall–Kier alpha value is -1.73. The van der Waals surface area contributed by atoms with E-state index in [0.29, 0.717) is 13.1 Å². The van der Waals surface area contributed by atoms with Gasteiger partial charge in [0, 0.05) is 31.4 Å². The van der Waals surface area contributed by atoms with Crippen molar-refractivity contribution in [2.24, 2.45) is 7.05 Å². The van der Waals surface area contributed by atoms with E-state index in [9.17, 15) is 4.79 Å². The predicted molar refractivity (Wildman–Crippen MR) is 62.8 cm³/mol. The maximum Gasteiger partial charge on any atom is 0.365 e. The fourth-order valence-corrected chi connectivity index (χ4v) is 2.01. The van der Waals surface area contributed by atoms with E-state index in [1.807, 2.05) is 17.8 Å². The van der Waals surface area contributed by atoms with E-state index in [2.05, 4.69) is 15.3 Å². The highest BCUT2D eigenvalue weighted by Crippen LogP contribution is 2.09. The van der Waals surface area contributed by atoms with Gasteiger partial charge in [0.05, 0.1) is 12.2 Å². The zero-order valence-corrected chi connectivity index (χ0v) is 10.1. The number of nitrogens with one attached hydrogen (secondary N) is 1. The smallest absolute Gasteiger partial charge is 0.365 e. The fraction of sp³-hybridized carbons (Fsp3) is 0.300. The number of aryl methyl sites for hydroxylation is 1. The molecule has 0 fully saturated rings. The first-order valence-corrected chi connectivity index (χ1v) is 5.89. The van der Waals surface area contributed by atoms with Crippen molar-refractivity contribution in [1.82, 2.24) is 19.9 Å². The van der Waals surface area contributed by atoms with Crippen molar-refractivity contribution >= 4 is 17.3 Å². The van der Waals surface area contributed by atoms with Gasteiger partial charge in [-0.25, -0.2) is 14.8 Å². The monoisotopic (exact) mass is 252 g/mol. The number of imidazole rings is 1. The Morgan fingerprint density at radius 3 is 3.00 bits per heavy atom. The van der Waals surface area contributed by atoms with E-state index in [1.165, 1.54) is 0 Å². The fourth-order valence-electron chi connectivity index (χ4n) is 1.36. The van der Waals surface area contributed by atoms with Crippen molar-refractivity contribution in [3.8, 4) is 0 Å². The van der Waals surface area contributed by atoms with Gasteiger partial charge in [0.2, 0.25) is 5.01 Å². The number of carboxylic acids is 1. The van der Waals surface area contributed by atoms with E-state index in [4.69, 9.17) is 5.11 Å². The molecule has 0 atom stereocenters. The Kier molecular flexibility index (Phi) is 3.50. The third-order valence-corrected chi connectivity index (χ3v) is 3.12. The summed E-state index contributed by atoms with van der Waals surface area (Å²) in [7, 11) is 1.93. The normalized spacial score (nSPS) is 10.6. The van der Waals surface area contributed by atoms with Gasteiger partial charge < -0.3 is 15.0 Å². The van der Waals surface area contributed by atoms with Crippen molar-refractivity contribution in [1.29, 1.82) is 0 Å². The van der Waals surface area contributed by atoms with Gasteiger partial charge in [-0.05, 0) is 0 Å². The number of thiazole rings is 1. The number of hydrogen-bond donors (Lipinski definition) is 2. The van der Waals surface area contributed by atoms with Crippen LogP contribution >= 0.6 is 11.3 Å². The Morgan fingerprint density at radius 1 is 1.59 bits per heavy atom. The average molecular weight is 252 g/mol. The van der Waals surface area contributed by atoms with Crippen LogP contribution in [0.5, 0.6) is 0 Å². The third kappa shape index (κ3) is 2.89. The van der Waals surface area contributed by atoms with Gasteiger partial charge in [-0.15, -0.1) is 11.3 Å². The Morgan fingerprint density at radius 2 is 2.41 bits per heavy atom. The van der Waals surface area contributed by atoms with Crippen LogP contribution in [0.3, 0.4) is 0 Å². The number of aromatic nitrogens is 3. The Labute approximate surface area is 102 Å². The molecule has 0 aromatic carbocycles. The number of carbonyl (C=O) groups is 1. The topological polar surface area (TPSA) is 80.0 Å². The van der Waals surface area contributed by atoms with Crippen LogP contribution in [0.15, 0.2) is 17.8 Å². The first kappa shape index (κ1) is 11.7. The summed E-state index contributed by atoms with van der Waals surface area (Å²) in [6.45, 7) is 1.17. The first-order chi connectivity index (χ1) is 8.16. The van der Waals surface area contributed by atoms with Crippen LogP contribution in [0.4, 0.5) is 0 Å². The van der Waals surface area contributed by atoms with E-state index >= 15 is 0 Å². The molecule has 2 aromatic heterocycles. The van der Waals surface area contributed by atoms with Crippen molar-refractivity contribution in [2.45, 2.75) is 13.1 Å². The molecule has 0 amide bonds. The van der Waals surface area contributed by atoms with Gasteiger partial charge in [0.1, 0.15) is 5.82 Å². The second-order valence-electron chi connectivity index (χ2n) is 3.51. The molecule has 0 spiro atoms. The van der Waals surface area contributed by atoms with Crippen LogP contribution in [0.1, 0.15) is 21.3 Å². The minimum Gasteiger partial charge on any atom is -0.476 e. The second-order valence-corrected chi connectivity index (χ2v) is 4.37. The lowest BCUT2D eigenvalue weighted by Crippen LogP contribution is -2.16. The summed E-state index contributed by atoms with van der Waals surface area (Å²) >= 11 is 1.14. The molecule has 0 unspecified atom stereocenters. The maximum absolute atomic E-state index is 10.6. The molecule has 0 radical (unpaired) electrons. The Balaban J connectivity index is 1.86. The highest BCUT2D eigenvalue weighted by atomic mass is 32.1. The van der Waals surface area contributed by atoms with Crippen molar-refractivity contribution in [3.05, 3.63) is 34.3 Å². The maximum atomic E-state index is 10.6. The van der Waals surface area contributed by atoms with Crippen LogP contribution < -0.4 is 5.32 Å². The lowest BCUT2D eigenvalue weighted by atomic mass is 10.4. The molecular weight excluding hydrogens is 240 g/mol. The molecule has 90 valence electrons. The average Bonchev–Trinajstić information content (AvgIpc) is 2.89. The van der Waals surface area contributed by atoms with Crippen molar-refractivity contribution in [2.75, 3.05) is 0 Å². The van der Waals surface area contributed by atoms with Crippen molar-refractivity contribution in [3.63, 3.8) is 0 Å². The SMILES string of the molecule is Cn1ccnc1CNCc1csc(C(=O)O)n1. The van der Waals surface area contributed by atoms with Gasteiger partial charge in [-0.2, -0.15) is 0 Å². The molecule has 2 aromatic rings. The molecule has 2 heterocycles. The molecular formula is C10H12N4O2S. The molecule has 0 aliphatic rings. The molecule has 2 N–H and O–H groups in total. The number of nitrogens with zero attached hydrogens (tertiary/aromatic N) is 3. The summed E-state index contributed by atoms with van der Waals surface area (Å²) in [5.74, 6) is -0.0518. The van der Waals surface area contributed by atoms with Crippen molar-refractivity contribution < 1.29 is 9.90 Å². The molecule has 6 nitrogen and oxygen atoms in total. The number of carboxylic acid groups (broad SMARTS) is 1. The molecule has 0 aliphatic heterocycles. The first-order valence-electron chi connectivity index (χ1n) is 5.01. The molecule has 0 aliphatic carbocycles. The molecule has 17 heavy (non-hydrogen) atoms. The zero-order valence-electron chi connectivity index (χ0n) is 9.25. The van der Waals surface area contributed by atoms with Gasteiger partial charge in [0.15, 0.2) is 0 Å². The van der Waals surface area contributed by atoms with Gasteiger partial charge in [-0.1, -0.05) is 0 Å². The summed E-state index contributed by atoms with van der Waals surface area (Å²) in [6.07, 6.45) is 3.62. The van der Waals surface area contributed by atoms with E-state index < -0.39 is 5.97 Å². The minimum absolute atomic E-state index is 0.124. The largest absolute Gasteiger partial charge is 0.476 e. The highest BCUT2D eigenvalue weighted by Gasteiger charge is 2.08. The summed E-state index contributed by atoms with van der Waals surface area (Å²) < 4.78 is 1.93. The molecule has 7 heteroatoms. The standard InChI is InChI=1S/C10H12N4O2S/c1-14-3-2-12-8(14)5-11-4-7-6-17-9(13-7)10(15)16/h2-3,6,11H,4-5H2,1H3,(H,15,16). The van der Waals surface area contributed by atoms with Gasteiger partial charge in [-0.3, -0.25) is 0 Å².